The van der Waals surface area contributed by atoms with Gasteiger partial charge in [0, 0.05) is 29.1 Å². The average molecular weight is 359 g/mol. The van der Waals surface area contributed by atoms with Crippen molar-refractivity contribution in [1.29, 1.82) is 0 Å². The normalized spacial score (nSPS) is 12.2. The number of aryl methyl sites for hydroxylation is 1. The number of hydrogen-bond acceptors (Lipinski definition) is 4. The largest absolute Gasteiger partial charge is 0.441 e. The Morgan fingerprint density at radius 3 is 2.84 bits per heavy atom. The predicted octanol–water partition coefficient (Wildman–Crippen LogP) is 2.95. The van der Waals surface area contributed by atoms with E-state index in [0.717, 1.165) is 16.5 Å². The summed E-state index contributed by atoms with van der Waals surface area (Å²) >= 11 is 0. The molecule has 128 valence electrons. The Bertz CT molecular complexity index is 1190. The molecule has 0 fully saturated rings. The number of primary sulfonamides is 1. The van der Waals surface area contributed by atoms with Crippen LogP contribution in [-0.4, -0.2) is 24.1 Å². The van der Waals surface area contributed by atoms with Crippen LogP contribution in [0.1, 0.15) is 5.89 Å². The number of halogens is 1. The summed E-state index contributed by atoms with van der Waals surface area (Å²) < 4.78 is 41.0. The molecule has 25 heavy (non-hydrogen) atoms. The Balaban J connectivity index is 1.73. The van der Waals surface area contributed by atoms with Gasteiger partial charge >= 0.3 is 0 Å². The van der Waals surface area contributed by atoms with Crippen molar-refractivity contribution in [3.05, 3.63) is 54.3 Å². The molecule has 2 heterocycles. The van der Waals surface area contributed by atoms with Gasteiger partial charge in [-0.05, 0) is 35.9 Å². The molecule has 8 heteroatoms. The van der Waals surface area contributed by atoms with E-state index in [-0.39, 0.29) is 18.0 Å². The number of nitrogens with two attached hydrogens (primary N) is 1. The molecule has 0 aliphatic carbocycles. The van der Waals surface area contributed by atoms with Crippen LogP contribution >= 0.6 is 0 Å². The van der Waals surface area contributed by atoms with Crippen LogP contribution in [0.5, 0.6) is 0 Å². The number of H-pyrrole nitrogens is 1. The monoisotopic (exact) mass is 359 g/mol. The van der Waals surface area contributed by atoms with E-state index < -0.39 is 10.0 Å². The lowest BCUT2D eigenvalue weighted by molar-refractivity contribution is 0.533. The third-order valence-electron chi connectivity index (χ3n) is 3.99. The van der Waals surface area contributed by atoms with E-state index in [9.17, 15) is 12.8 Å². The van der Waals surface area contributed by atoms with Crippen LogP contribution in [0, 0.1) is 5.82 Å². The Hall–Kier alpha value is -2.71. The van der Waals surface area contributed by atoms with Gasteiger partial charge in [-0.15, -0.1) is 0 Å². The topological polar surface area (TPSA) is 102 Å². The van der Waals surface area contributed by atoms with Crippen molar-refractivity contribution in [1.82, 2.24) is 9.97 Å². The van der Waals surface area contributed by atoms with Crippen LogP contribution in [0.15, 0.2) is 47.0 Å². The molecule has 4 rings (SSSR count). The molecule has 0 saturated heterocycles. The molecular formula is C17H14FN3O3S. The number of nitrogens with zero attached hydrogens (tertiary/aromatic N) is 1. The maximum Gasteiger partial charge on any atom is 0.209 e. The highest BCUT2D eigenvalue weighted by molar-refractivity contribution is 7.89. The zero-order chi connectivity index (χ0) is 17.6. The number of aromatic nitrogens is 2. The first-order chi connectivity index (χ1) is 11.9. The fraction of sp³-hybridized carbons (Fsp3) is 0.118. The highest BCUT2D eigenvalue weighted by atomic mass is 32.2. The summed E-state index contributed by atoms with van der Waals surface area (Å²) in [6, 6.07) is 10.1. The number of fused-ring (bicyclic) bond motifs is 2. The molecule has 0 unspecified atom stereocenters. The number of benzene rings is 2. The van der Waals surface area contributed by atoms with Crippen LogP contribution in [0.4, 0.5) is 4.39 Å². The molecule has 0 spiro atoms. The van der Waals surface area contributed by atoms with Crippen molar-refractivity contribution in [2.24, 2.45) is 5.14 Å². The summed E-state index contributed by atoms with van der Waals surface area (Å²) in [4.78, 5) is 7.38. The first-order valence-corrected chi connectivity index (χ1v) is 9.27. The molecule has 0 aliphatic heterocycles. The van der Waals surface area contributed by atoms with Crippen LogP contribution in [-0.2, 0) is 16.4 Å². The van der Waals surface area contributed by atoms with E-state index in [1.807, 2.05) is 18.3 Å². The lowest BCUT2D eigenvalue weighted by Gasteiger charge is -1.99. The molecule has 2 aromatic heterocycles. The van der Waals surface area contributed by atoms with Crippen molar-refractivity contribution < 1.29 is 17.2 Å². The second kappa shape index (κ2) is 5.68. The number of rotatable bonds is 4. The zero-order valence-electron chi connectivity index (χ0n) is 13.0. The summed E-state index contributed by atoms with van der Waals surface area (Å²) in [5.74, 6) is -0.199. The van der Waals surface area contributed by atoms with Crippen LogP contribution in [0.3, 0.4) is 0 Å². The van der Waals surface area contributed by atoms with Gasteiger partial charge in [-0.2, -0.15) is 0 Å². The van der Waals surface area contributed by atoms with Crippen LogP contribution in [0.25, 0.3) is 33.1 Å². The number of aromatic amines is 1. The molecule has 0 aliphatic rings. The Labute approximate surface area is 142 Å². The molecule has 0 amide bonds. The minimum absolute atomic E-state index is 0.120. The highest BCUT2D eigenvalue weighted by Gasteiger charge is 2.12. The van der Waals surface area contributed by atoms with Crippen molar-refractivity contribution in [3.8, 4) is 11.1 Å². The van der Waals surface area contributed by atoms with Gasteiger partial charge in [-0.1, -0.05) is 6.07 Å². The lowest BCUT2D eigenvalue weighted by Crippen LogP contribution is -2.18. The smallest absolute Gasteiger partial charge is 0.209 e. The second-order valence-corrected chi connectivity index (χ2v) is 7.53. The van der Waals surface area contributed by atoms with Gasteiger partial charge in [0.2, 0.25) is 10.0 Å². The Morgan fingerprint density at radius 1 is 1.20 bits per heavy atom. The molecule has 3 N–H and O–H groups in total. The summed E-state index contributed by atoms with van der Waals surface area (Å²) in [6.45, 7) is 0. The van der Waals surface area contributed by atoms with E-state index in [1.165, 1.54) is 12.1 Å². The van der Waals surface area contributed by atoms with Gasteiger partial charge in [0.05, 0.1) is 5.75 Å². The van der Waals surface area contributed by atoms with E-state index in [0.29, 0.717) is 22.5 Å². The Kier molecular flexibility index (Phi) is 3.59. The first kappa shape index (κ1) is 15.8. The fourth-order valence-electron chi connectivity index (χ4n) is 2.82. The minimum Gasteiger partial charge on any atom is -0.441 e. The molecule has 0 atom stereocenters. The van der Waals surface area contributed by atoms with Crippen LogP contribution < -0.4 is 5.14 Å². The molecule has 6 nitrogen and oxygen atoms in total. The molecule has 4 aromatic rings. The summed E-state index contributed by atoms with van der Waals surface area (Å²) in [5.41, 5.74) is 3.73. The Morgan fingerprint density at radius 2 is 2.04 bits per heavy atom. The fourth-order valence-corrected chi connectivity index (χ4v) is 3.28. The first-order valence-electron chi connectivity index (χ1n) is 7.56. The lowest BCUT2D eigenvalue weighted by atomic mass is 10.0. The third-order valence-corrected chi connectivity index (χ3v) is 4.76. The number of sulfonamides is 1. The highest BCUT2D eigenvalue weighted by Crippen LogP contribution is 2.31. The van der Waals surface area contributed by atoms with Gasteiger partial charge in [-0.3, -0.25) is 0 Å². The van der Waals surface area contributed by atoms with Gasteiger partial charge in [0.1, 0.15) is 11.3 Å². The van der Waals surface area contributed by atoms with E-state index in [1.54, 1.807) is 12.1 Å². The standard InChI is InChI=1S/C17H14FN3O3S/c18-11-2-3-12-13(9-20-14(12)8-11)10-1-4-16-15(7-10)21-17(24-16)5-6-25(19,22)23/h1-4,7-9,20H,5-6H2,(H2,19,22,23). The van der Waals surface area contributed by atoms with Gasteiger partial charge in [0.15, 0.2) is 11.5 Å². The molecule has 0 saturated carbocycles. The predicted molar refractivity (Wildman–Crippen MR) is 92.9 cm³/mol. The molecule has 0 bridgehead atoms. The van der Waals surface area contributed by atoms with Crippen LogP contribution in [0.2, 0.25) is 0 Å². The molecule has 2 aromatic carbocycles. The summed E-state index contributed by atoms with van der Waals surface area (Å²) in [7, 11) is -3.57. The van der Waals surface area contributed by atoms with Crippen molar-refractivity contribution in [2.45, 2.75) is 6.42 Å². The van der Waals surface area contributed by atoms with E-state index in [2.05, 4.69) is 9.97 Å². The van der Waals surface area contributed by atoms with Crippen molar-refractivity contribution >= 4 is 32.0 Å². The maximum atomic E-state index is 13.3. The van der Waals surface area contributed by atoms with Gasteiger partial charge < -0.3 is 9.40 Å². The molecule has 0 radical (unpaired) electrons. The van der Waals surface area contributed by atoms with E-state index >= 15 is 0 Å². The van der Waals surface area contributed by atoms with E-state index in [4.69, 9.17) is 9.56 Å². The minimum atomic E-state index is -3.57. The number of hydrogen-bond donors (Lipinski definition) is 2. The maximum absolute atomic E-state index is 13.3. The second-order valence-electron chi connectivity index (χ2n) is 5.80. The third kappa shape index (κ3) is 3.13. The number of oxazole rings is 1. The van der Waals surface area contributed by atoms with Crippen molar-refractivity contribution in [2.75, 3.05) is 5.75 Å². The summed E-state index contributed by atoms with van der Waals surface area (Å²) in [5, 5.41) is 5.90. The zero-order valence-corrected chi connectivity index (χ0v) is 13.8. The SMILES string of the molecule is NS(=O)(=O)CCc1nc2cc(-c3c[nH]c4cc(F)ccc34)ccc2o1. The number of nitrogens with one attached hydrogen (secondary N) is 1. The quantitative estimate of drug-likeness (QED) is 0.585. The van der Waals surface area contributed by atoms with Gasteiger partial charge in [0.25, 0.3) is 0 Å². The summed E-state index contributed by atoms with van der Waals surface area (Å²) in [6.07, 6.45) is 1.93. The molecular weight excluding hydrogens is 345 g/mol. The van der Waals surface area contributed by atoms with Crippen molar-refractivity contribution in [3.63, 3.8) is 0 Å². The average Bonchev–Trinajstić information content (AvgIpc) is 3.14. The van der Waals surface area contributed by atoms with Gasteiger partial charge in [-0.25, -0.2) is 22.9 Å².